The normalized spacial score (nSPS) is 11.7. The fourth-order valence-electron chi connectivity index (χ4n) is 6.91. The average Bonchev–Trinajstić information content (AvgIpc) is 3.91. The van der Waals surface area contributed by atoms with Crippen LogP contribution in [0.2, 0.25) is 0 Å². The Morgan fingerprint density at radius 1 is 0.706 bits per heavy atom. The number of aryl methyl sites for hydroxylation is 1. The van der Waals surface area contributed by atoms with Crippen LogP contribution < -0.4 is 0 Å². The van der Waals surface area contributed by atoms with Crippen LogP contribution in [0.25, 0.3) is 10.9 Å². The number of hydrogen-bond donors (Lipinski definition) is 1. The fraction of sp³-hybridized carbons (Fsp3) is 0.119. The number of hydrogen-bond acceptors (Lipinski definition) is 4. The van der Waals surface area contributed by atoms with Gasteiger partial charge in [0.1, 0.15) is 23.0 Å². The van der Waals surface area contributed by atoms with Crippen LogP contribution in [0, 0.1) is 11.6 Å². The van der Waals surface area contributed by atoms with Gasteiger partial charge in [0.15, 0.2) is 5.16 Å². The molecule has 6 nitrogen and oxygen atoms in total. The van der Waals surface area contributed by atoms with E-state index in [1.54, 1.807) is 18.2 Å². The van der Waals surface area contributed by atoms with Gasteiger partial charge in [0.05, 0.1) is 12.0 Å². The van der Waals surface area contributed by atoms with E-state index in [9.17, 15) is 8.78 Å². The number of aromatic nitrogens is 6. The summed E-state index contributed by atoms with van der Waals surface area (Å²) in [4.78, 5) is 9.01. The van der Waals surface area contributed by atoms with Gasteiger partial charge in [-0.15, -0.1) is 10.2 Å². The smallest absolute Gasteiger partial charge is 0.196 e. The van der Waals surface area contributed by atoms with Crippen molar-refractivity contribution in [2.24, 2.45) is 0 Å². The number of halogens is 2. The van der Waals surface area contributed by atoms with Crippen molar-refractivity contribution in [3.05, 3.63) is 198 Å². The van der Waals surface area contributed by atoms with Crippen molar-refractivity contribution in [2.75, 3.05) is 0 Å². The molecule has 0 radical (unpaired) electrons. The molecule has 0 amide bonds. The summed E-state index contributed by atoms with van der Waals surface area (Å²) in [5.74, 6) is 0.229. The van der Waals surface area contributed by atoms with Crippen LogP contribution in [-0.2, 0) is 24.9 Å². The summed E-state index contributed by atoms with van der Waals surface area (Å²) in [5, 5.41) is 10.8. The highest BCUT2D eigenvalue weighted by Crippen LogP contribution is 2.41. The molecule has 3 aromatic heterocycles. The van der Waals surface area contributed by atoms with Gasteiger partial charge in [-0.1, -0.05) is 91.0 Å². The number of benzene rings is 5. The first-order chi connectivity index (χ1) is 25.1. The van der Waals surface area contributed by atoms with Crippen LogP contribution >= 0.6 is 11.8 Å². The zero-order chi connectivity index (χ0) is 34.6. The lowest BCUT2D eigenvalue weighted by atomic mass is 9.77. The quantitative estimate of drug-likeness (QED) is 0.130. The molecule has 0 fully saturated rings. The maximum Gasteiger partial charge on any atom is 0.196 e. The van der Waals surface area contributed by atoms with Crippen molar-refractivity contribution in [2.45, 2.75) is 41.4 Å². The molecule has 0 saturated carbocycles. The molecule has 0 saturated heterocycles. The molecule has 0 unspecified atom stereocenters. The van der Waals surface area contributed by atoms with E-state index >= 15 is 0 Å². The van der Waals surface area contributed by atoms with E-state index < -0.39 is 5.54 Å². The van der Waals surface area contributed by atoms with E-state index in [0.29, 0.717) is 13.0 Å². The lowest BCUT2D eigenvalue weighted by molar-refractivity contribution is 0.513. The Labute approximate surface area is 298 Å². The van der Waals surface area contributed by atoms with Crippen LogP contribution in [-0.4, -0.2) is 29.3 Å². The molecule has 0 aliphatic carbocycles. The zero-order valence-electron chi connectivity index (χ0n) is 27.7. The van der Waals surface area contributed by atoms with Crippen molar-refractivity contribution >= 4 is 22.7 Å². The Morgan fingerprint density at radius 3 is 1.98 bits per heavy atom. The number of rotatable bonds is 12. The second-order valence-electron chi connectivity index (χ2n) is 12.5. The van der Waals surface area contributed by atoms with Crippen LogP contribution in [0.1, 0.15) is 40.2 Å². The van der Waals surface area contributed by atoms with Crippen molar-refractivity contribution in [3.8, 4) is 0 Å². The minimum Gasteiger partial charge on any atom is -0.361 e. The molecule has 0 atom stereocenters. The van der Waals surface area contributed by atoms with E-state index in [1.807, 2.05) is 30.7 Å². The van der Waals surface area contributed by atoms with Crippen molar-refractivity contribution in [3.63, 3.8) is 0 Å². The first-order valence-corrected chi connectivity index (χ1v) is 17.7. The Kier molecular flexibility index (Phi) is 9.03. The van der Waals surface area contributed by atoms with Crippen LogP contribution in [0.3, 0.4) is 0 Å². The molecule has 5 aromatic carbocycles. The van der Waals surface area contributed by atoms with Gasteiger partial charge in [-0.3, -0.25) is 0 Å². The van der Waals surface area contributed by atoms with Crippen LogP contribution in [0.15, 0.2) is 162 Å². The first-order valence-electron chi connectivity index (χ1n) is 16.9. The Morgan fingerprint density at radius 2 is 1.33 bits per heavy atom. The van der Waals surface area contributed by atoms with Crippen molar-refractivity contribution in [1.82, 2.24) is 29.3 Å². The molecule has 9 heteroatoms. The summed E-state index contributed by atoms with van der Waals surface area (Å²) >= 11 is 1.45. The minimum atomic E-state index is -0.627. The first kappa shape index (κ1) is 32.4. The summed E-state index contributed by atoms with van der Waals surface area (Å²) in [6, 6.07) is 42.9. The van der Waals surface area contributed by atoms with E-state index in [2.05, 4.69) is 103 Å². The summed E-state index contributed by atoms with van der Waals surface area (Å²) in [6.45, 7) is 0.650. The van der Waals surface area contributed by atoms with Crippen LogP contribution in [0.4, 0.5) is 8.78 Å². The van der Waals surface area contributed by atoms with Gasteiger partial charge in [-0.25, -0.2) is 13.8 Å². The summed E-state index contributed by atoms with van der Waals surface area (Å²) in [5.41, 5.74) is 5.52. The highest BCUT2D eigenvalue weighted by atomic mass is 32.2. The number of aromatic amines is 1. The van der Waals surface area contributed by atoms with E-state index in [4.69, 9.17) is 4.98 Å². The molecule has 252 valence electrons. The van der Waals surface area contributed by atoms with E-state index in [0.717, 1.165) is 67.6 Å². The summed E-state index contributed by atoms with van der Waals surface area (Å²) in [7, 11) is 0. The van der Waals surface area contributed by atoms with Gasteiger partial charge >= 0.3 is 0 Å². The second kappa shape index (κ2) is 14.2. The lowest BCUT2D eigenvalue weighted by Crippen LogP contribution is -2.36. The van der Waals surface area contributed by atoms with E-state index in [1.165, 1.54) is 36.0 Å². The topological polar surface area (TPSA) is 64.3 Å². The minimum absolute atomic E-state index is 0.284. The number of fused-ring (bicyclic) bond motifs is 1. The second-order valence-corrected chi connectivity index (χ2v) is 13.5. The highest BCUT2D eigenvalue weighted by Gasteiger charge is 2.38. The average molecular weight is 693 g/mol. The maximum atomic E-state index is 13.9. The molecular weight excluding hydrogens is 659 g/mol. The Hall–Kier alpha value is -5.80. The Balaban J connectivity index is 1.10. The molecule has 0 spiro atoms. The van der Waals surface area contributed by atoms with E-state index in [-0.39, 0.29) is 11.6 Å². The highest BCUT2D eigenvalue weighted by molar-refractivity contribution is 7.99. The number of imidazole rings is 1. The van der Waals surface area contributed by atoms with Gasteiger partial charge in [0.2, 0.25) is 0 Å². The van der Waals surface area contributed by atoms with Gasteiger partial charge in [0.25, 0.3) is 0 Å². The van der Waals surface area contributed by atoms with Gasteiger partial charge < -0.3 is 14.1 Å². The third-order valence-electron chi connectivity index (χ3n) is 9.31. The van der Waals surface area contributed by atoms with Crippen molar-refractivity contribution < 1.29 is 8.78 Å². The van der Waals surface area contributed by atoms with Crippen molar-refractivity contribution in [1.29, 1.82) is 0 Å². The largest absolute Gasteiger partial charge is 0.361 e. The van der Waals surface area contributed by atoms with Gasteiger partial charge in [-0.05, 0) is 89.3 Å². The molecule has 8 rings (SSSR count). The van der Waals surface area contributed by atoms with Gasteiger partial charge in [0, 0.05) is 41.2 Å². The number of nitrogens with zero attached hydrogens (tertiary/aromatic N) is 5. The van der Waals surface area contributed by atoms with Gasteiger partial charge in [-0.2, -0.15) is 0 Å². The summed E-state index contributed by atoms with van der Waals surface area (Å²) < 4.78 is 32.0. The monoisotopic (exact) mass is 692 g/mol. The van der Waals surface area contributed by atoms with Crippen LogP contribution in [0.5, 0.6) is 0 Å². The molecule has 8 aromatic rings. The molecule has 1 N–H and O–H groups in total. The predicted molar refractivity (Wildman–Crippen MR) is 197 cm³/mol. The Bertz CT molecular complexity index is 2270. The third-order valence-corrected chi connectivity index (χ3v) is 10.3. The molecule has 0 aliphatic heterocycles. The summed E-state index contributed by atoms with van der Waals surface area (Å²) in [6.07, 6.45) is 8.05. The number of H-pyrrole nitrogens is 1. The molecule has 0 aliphatic rings. The fourth-order valence-corrected chi connectivity index (χ4v) is 7.78. The number of nitrogens with one attached hydrogen (secondary N) is 1. The SMILES string of the molecule is Fc1ccc(Sc2nnc(Cc3c[nH]c4cc(F)ccc34)n2CCCc2cn(C(c3ccccc3)(c3ccccc3)c3ccccc3)cn2)cc1. The molecular formula is C42H34F2N6S. The predicted octanol–water partition coefficient (Wildman–Crippen LogP) is 9.45. The zero-order valence-corrected chi connectivity index (χ0v) is 28.5. The maximum absolute atomic E-state index is 13.9. The third kappa shape index (κ3) is 6.48. The molecule has 0 bridgehead atoms. The standard InChI is InChI=1S/C42H34F2N6S/c43-34-18-21-37(22-19-34)51-41-48-47-40(25-30-27-45-39-26-35(44)20-23-38(30)39)50(41)24-10-17-36-28-49(29-46-36)42(31-11-4-1-5-12-31,32-13-6-2-7-14-32)33-15-8-3-9-16-33/h1-9,11-16,18-23,26-29,45H,10,17,24-25H2. The molecule has 3 heterocycles. The lowest BCUT2D eigenvalue weighted by Gasteiger charge is -2.37. The molecule has 51 heavy (non-hydrogen) atoms.